The molecule has 190 valence electrons. The Morgan fingerprint density at radius 3 is 2.83 bits per heavy atom. The van der Waals surface area contributed by atoms with Crippen molar-refractivity contribution in [3.8, 4) is 5.75 Å². The van der Waals surface area contributed by atoms with Crippen LogP contribution in [0.1, 0.15) is 58.3 Å². The van der Waals surface area contributed by atoms with E-state index in [0.717, 1.165) is 36.2 Å². The third-order valence-electron chi connectivity index (χ3n) is 7.14. The maximum absolute atomic E-state index is 13.1. The molecule has 0 radical (unpaired) electrons. The number of hydrogen-bond donors (Lipinski definition) is 3. The fourth-order valence-corrected chi connectivity index (χ4v) is 5.44. The second-order valence-electron chi connectivity index (χ2n) is 9.43. The summed E-state index contributed by atoms with van der Waals surface area (Å²) in [4.78, 5) is 34.3. The molecule has 1 aliphatic rings. The van der Waals surface area contributed by atoms with Crippen LogP contribution in [0.4, 0.5) is 0 Å². The van der Waals surface area contributed by atoms with Crippen LogP contribution >= 0.6 is 12.2 Å². The molecule has 1 amide bonds. The van der Waals surface area contributed by atoms with Gasteiger partial charge in [0.05, 0.1) is 12.6 Å². The first-order valence-electron chi connectivity index (χ1n) is 12.8. The summed E-state index contributed by atoms with van der Waals surface area (Å²) in [5, 5.41) is 3.92. The lowest BCUT2D eigenvalue weighted by molar-refractivity contribution is -0.121. The van der Waals surface area contributed by atoms with Gasteiger partial charge in [0.15, 0.2) is 4.77 Å². The zero-order valence-corrected chi connectivity index (χ0v) is 21.6. The van der Waals surface area contributed by atoms with E-state index in [1.165, 1.54) is 32.2 Å². The fraction of sp³-hybridized carbons (Fsp3) is 0.577. The Morgan fingerprint density at radius 1 is 1.17 bits per heavy atom. The second kappa shape index (κ2) is 11.9. The van der Waals surface area contributed by atoms with E-state index in [2.05, 4.69) is 27.1 Å². The molecular formula is C26H37N5O3S. The van der Waals surface area contributed by atoms with Crippen LogP contribution in [-0.2, 0) is 11.3 Å². The largest absolute Gasteiger partial charge is 0.497 e. The van der Waals surface area contributed by atoms with E-state index in [4.69, 9.17) is 17.0 Å². The minimum Gasteiger partial charge on any atom is -0.497 e. The van der Waals surface area contributed by atoms with E-state index in [1.807, 2.05) is 18.2 Å². The number of fused-ring (bicyclic) bond motifs is 3. The minimum atomic E-state index is -0.147. The Hall–Kier alpha value is -2.65. The molecule has 0 bridgehead atoms. The van der Waals surface area contributed by atoms with Crippen molar-refractivity contribution in [3.05, 3.63) is 33.3 Å². The van der Waals surface area contributed by atoms with Gasteiger partial charge in [0.2, 0.25) is 5.91 Å². The van der Waals surface area contributed by atoms with Crippen molar-refractivity contribution in [2.75, 3.05) is 26.7 Å². The van der Waals surface area contributed by atoms with Crippen molar-refractivity contribution >= 4 is 40.1 Å². The standard InChI is InChI=1S/C26H37N5O3S/c1-3-18-9-4-6-14-30(18)15-8-13-27-22(32)10-5-7-16-31-25(33)24-23(29-26(31)35)20-17-19(34-2)11-12-21(20)28-24/h11-12,17-18,28H,3-10,13-16H2,1-2H3,(H,27,32)(H,29,35)/t18-/m0/s1. The normalized spacial score (nSPS) is 16.7. The highest BCUT2D eigenvalue weighted by atomic mass is 32.1. The summed E-state index contributed by atoms with van der Waals surface area (Å²) in [6.45, 7) is 5.71. The molecule has 1 aliphatic heterocycles. The number of ether oxygens (including phenoxy) is 1. The Balaban J connectivity index is 1.25. The molecule has 3 aromatic rings. The van der Waals surface area contributed by atoms with Gasteiger partial charge in [0.25, 0.3) is 5.56 Å². The number of methoxy groups -OCH3 is 1. The summed E-state index contributed by atoms with van der Waals surface area (Å²) < 4.78 is 7.27. The topological polar surface area (TPSA) is 95.2 Å². The molecule has 2 aromatic heterocycles. The molecule has 0 unspecified atom stereocenters. The van der Waals surface area contributed by atoms with Gasteiger partial charge in [-0.3, -0.25) is 14.2 Å². The van der Waals surface area contributed by atoms with Crippen LogP contribution in [0.5, 0.6) is 5.75 Å². The summed E-state index contributed by atoms with van der Waals surface area (Å²) in [7, 11) is 1.61. The Labute approximate surface area is 211 Å². The number of unbranched alkanes of at least 4 members (excludes halogenated alkanes) is 1. The van der Waals surface area contributed by atoms with Gasteiger partial charge < -0.3 is 24.9 Å². The molecule has 35 heavy (non-hydrogen) atoms. The molecule has 9 heteroatoms. The minimum absolute atomic E-state index is 0.0770. The highest BCUT2D eigenvalue weighted by molar-refractivity contribution is 7.71. The Morgan fingerprint density at radius 2 is 2.03 bits per heavy atom. The first kappa shape index (κ1) is 25.4. The van der Waals surface area contributed by atoms with Gasteiger partial charge in [-0.2, -0.15) is 0 Å². The van der Waals surface area contributed by atoms with Crippen LogP contribution in [-0.4, -0.2) is 58.1 Å². The van der Waals surface area contributed by atoms with Crippen LogP contribution in [0, 0.1) is 4.77 Å². The fourth-order valence-electron chi connectivity index (χ4n) is 5.16. The van der Waals surface area contributed by atoms with Crippen molar-refractivity contribution in [1.82, 2.24) is 24.8 Å². The number of likely N-dealkylation sites (tertiary alicyclic amines) is 1. The molecule has 0 spiro atoms. The quantitative estimate of drug-likeness (QED) is 0.267. The molecule has 0 aliphatic carbocycles. The number of carbonyl (C=O) groups excluding carboxylic acids is 1. The Bertz CT molecular complexity index is 1280. The number of nitrogens with one attached hydrogen (secondary N) is 3. The molecule has 1 atom stereocenters. The zero-order valence-electron chi connectivity index (χ0n) is 20.8. The monoisotopic (exact) mass is 499 g/mol. The molecule has 1 fully saturated rings. The van der Waals surface area contributed by atoms with Gasteiger partial charge in [0, 0.05) is 43.0 Å². The highest BCUT2D eigenvalue weighted by Crippen LogP contribution is 2.26. The van der Waals surface area contributed by atoms with Gasteiger partial charge in [-0.25, -0.2) is 0 Å². The van der Waals surface area contributed by atoms with Crippen LogP contribution in [0.15, 0.2) is 23.0 Å². The average molecular weight is 500 g/mol. The van der Waals surface area contributed by atoms with Crippen LogP contribution in [0.3, 0.4) is 0 Å². The number of aromatic nitrogens is 3. The number of nitrogens with zero attached hydrogens (tertiary/aromatic N) is 2. The van der Waals surface area contributed by atoms with Gasteiger partial charge >= 0.3 is 0 Å². The SMILES string of the molecule is CC[C@H]1CCCCN1CCCNC(=O)CCCCn1c(=S)[nH]c2c([nH]c3ccc(OC)cc32)c1=O. The van der Waals surface area contributed by atoms with Gasteiger partial charge in [0.1, 0.15) is 11.3 Å². The second-order valence-corrected chi connectivity index (χ2v) is 9.81. The predicted octanol–water partition coefficient (Wildman–Crippen LogP) is 4.49. The van der Waals surface area contributed by atoms with Crippen molar-refractivity contribution in [1.29, 1.82) is 0 Å². The molecule has 3 heterocycles. The molecule has 0 saturated carbocycles. The van der Waals surface area contributed by atoms with Gasteiger partial charge in [-0.05, 0) is 75.5 Å². The third kappa shape index (κ3) is 5.95. The third-order valence-corrected chi connectivity index (χ3v) is 7.46. The Kier molecular flexibility index (Phi) is 8.62. The smallest absolute Gasteiger partial charge is 0.278 e. The van der Waals surface area contributed by atoms with Crippen LogP contribution in [0.2, 0.25) is 0 Å². The maximum Gasteiger partial charge on any atom is 0.278 e. The summed E-state index contributed by atoms with van der Waals surface area (Å²) in [6.07, 6.45) is 8.00. The number of H-pyrrole nitrogens is 2. The molecular weight excluding hydrogens is 462 g/mol. The number of hydrogen-bond acceptors (Lipinski definition) is 5. The van der Waals surface area contributed by atoms with Crippen molar-refractivity contribution in [2.45, 2.75) is 70.9 Å². The van der Waals surface area contributed by atoms with E-state index < -0.39 is 0 Å². The number of piperidine rings is 1. The summed E-state index contributed by atoms with van der Waals surface area (Å²) in [5.41, 5.74) is 1.90. The van der Waals surface area contributed by atoms with Crippen LogP contribution < -0.4 is 15.6 Å². The molecule has 1 aromatic carbocycles. The molecule has 3 N–H and O–H groups in total. The van der Waals surface area contributed by atoms with Gasteiger partial charge in [-0.15, -0.1) is 0 Å². The lowest BCUT2D eigenvalue weighted by atomic mass is 10.00. The zero-order chi connectivity index (χ0) is 24.8. The molecule has 1 saturated heterocycles. The summed E-state index contributed by atoms with van der Waals surface area (Å²) in [5.74, 6) is 0.796. The first-order valence-corrected chi connectivity index (χ1v) is 13.3. The lowest BCUT2D eigenvalue weighted by Gasteiger charge is -2.35. The maximum atomic E-state index is 13.1. The highest BCUT2D eigenvalue weighted by Gasteiger charge is 2.19. The van der Waals surface area contributed by atoms with E-state index in [-0.39, 0.29) is 11.5 Å². The van der Waals surface area contributed by atoms with Crippen molar-refractivity contribution < 1.29 is 9.53 Å². The van der Waals surface area contributed by atoms with E-state index >= 15 is 0 Å². The number of aromatic amines is 2. The first-order chi connectivity index (χ1) is 17.0. The van der Waals surface area contributed by atoms with Gasteiger partial charge in [-0.1, -0.05) is 13.3 Å². The summed E-state index contributed by atoms with van der Waals surface area (Å²) in [6, 6.07) is 6.34. The van der Waals surface area contributed by atoms with E-state index in [9.17, 15) is 9.59 Å². The average Bonchev–Trinajstić information content (AvgIpc) is 3.24. The van der Waals surface area contributed by atoms with Crippen LogP contribution in [0.25, 0.3) is 21.9 Å². The number of benzene rings is 1. The van der Waals surface area contributed by atoms with E-state index in [1.54, 1.807) is 11.7 Å². The molecule has 8 nitrogen and oxygen atoms in total. The number of rotatable bonds is 11. The predicted molar refractivity (Wildman–Crippen MR) is 143 cm³/mol. The van der Waals surface area contributed by atoms with Crippen molar-refractivity contribution in [3.63, 3.8) is 0 Å². The molecule has 4 rings (SSSR count). The van der Waals surface area contributed by atoms with Crippen molar-refractivity contribution in [2.24, 2.45) is 0 Å². The number of carbonyl (C=O) groups is 1. The lowest BCUT2D eigenvalue weighted by Crippen LogP contribution is -2.40. The number of amides is 1. The van der Waals surface area contributed by atoms with E-state index in [0.29, 0.717) is 47.7 Å². The summed E-state index contributed by atoms with van der Waals surface area (Å²) >= 11 is 5.48.